The predicted molar refractivity (Wildman–Crippen MR) is 83.4 cm³/mol. The molecule has 2 N–H and O–H groups in total. The molecule has 0 saturated heterocycles. The largest absolute Gasteiger partial charge is 0.496 e. The summed E-state index contributed by atoms with van der Waals surface area (Å²) in [4.78, 5) is 11.7. The van der Waals surface area contributed by atoms with Crippen molar-refractivity contribution in [3.63, 3.8) is 0 Å². The third-order valence-electron chi connectivity index (χ3n) is 3.75. The Morgan fingerprint density at radius 3 is 2.81 bits per heavy atom. The maximum atomic E-state index is 11.7. The summed E-state index contributed by atoms with van der Waals surface area (Å²) in [6, 6.07) is 12.6. The summed E-state index contributed by atoms with van der Waals surface area (Å²) in [5.74, 6) is 0.917. The second-order valence-electron chi connectivity index (χ2n) is 5.41. The Balaban J connectivity index is 1.70. The maximum Gasteiger partial charge on any atom is 0.234 e. The fourth-order valence-corrected chi connectivity index (χ4v) is 2.50. The van der Waals surface area contributed by atoms with Crippen LogP contribution in [0.15, 0.2) is 36.4 Å². The second-order valence-corrected chi connectivity index (χ2v) is 5.41. The van der Waals surface area contributed by atoms with Crippen molar-refractivity contribution < 1.29 is 9.53 Å². The molecule has 1 saturated carbocycles. The predicted octanol–water partition coefficient (Wildman–Crippen LogP) is 2.22. The molecule has 0 spiro atoms. The summed E-state index contributed by atoms with van der Waals surface area (Å²) >= 11 is 0. The van der Waals surface area contributed by atoms with Crippen molar-refractivity contribution >= 4 is 16.7 Å². The molecule has 1 fully saturated rings. The van der Waals surface area contributed by atoms with Gasteiger partial charge in [0.15, 0.2) is 0 Å². The van der Waals surface area contributed by atoms with Crippen LogP contribution in [0.25, 0.3) is 10.8 Å². The van der Waals surface area contributed by atoms with Gasteiger partial charge >= 0.3 is 0 Å². The lowest BCUT2D eigenvalue weighted by Crippen LogP contribution is -2.34. The highest BCUT2D eigenvalue weighted by atomic mass is 16.5. The molecule has 0 unspecified atom stereocenters. The number of methoxy groups -OCH3 is 1. The van der Waals surface area contributed by atoms with Gasteiger partial charge in [-0.1, -0.05) is 30.3 Å². The zero-order chi connectivity index (χ0) is 14.7. The lowest BCUT2D eigenvalue weighted by atomic mass is 10.0. The average molecular weight is 284 g/mol. The molecule has 0 atom stereocenters. The molecular weight excluding hydrogens is 264 g/mol. The van der Waals surface area contributed by atoms with E-state index < -0.39 is 0 Å². The number of hydrogen-bond acceptors (Lipinski definition) is 3. The Kier molecular flexibility index (Phi) is 4.06. The number of hydrogen-bond donors (Lipinski definition) is 2. The number of benzene rings is 2. The number of carbonyl (C=O) groups excluding carboxylic acids is 1. The van der Waals surface area contributed by atoms with Crippen LogP contribution in [-0.2, 0) is 11.3 Å². The molecule has 1 amide bonds. The minimum Gasteiger partial charge on any atom is -0.496 e. The quantitative estimate of drug-likeness (QED) is 0.855. The van der Waals surface area contributed by atoms with Gasteiger partial charge in [-0.25, -0.2) is 0 Å². The molecule has 3 rings (SSSR count). The van der Waals surface area contributed by atoms with Crippen LogP contribution < -0.4 is 15.4 Å². The molecule has 110 valence electrons. The average Bonchev–Trinajstić information content (AvgIpc) is 3.31. The molecule has 0 aromatic heterocycles. The Morgan fingerprint density at radius 2 is 2.05 bits per heavy atom. The van der Waals surface area contributed by atoms with Crippen molar-refractivity contribution in [1.29, 1.82) is 0 Å². The van der Waals surface area contributed by atoms with E-state index in [0.29, 0.717) is 19.1 Å². The van der Waals surface area contributed by atoms with Gasteiger partial charge in [0.1, 0.15) is 5.75 Å². The Labute approximate surface area is 124 Å². The van der Waals surface area contributed by atoms with Crippen molar-refractivity contribution in [2.45, 2.75) is 25.4 Å². The summed E-state index contributed by atoms with van der Waals surface area (Å²) in [6.45, 7) is 0.950. The van der Waals surface area contributed by atoms with Crippen molar-refractivity contribution in [2.24, 2.45) is 0 Å². The second kappa shape index (κ2) is 6.14. The molecule has 0 aliphatic heterocycles. The molecule has 1 aliphatic rings. The highest BCUT2D eigenvalue weighted by Crippen LogP contribution is 2.27. The van der Waals surface area contributed by atoms with Crippen LogP contribution in [0.2, 0.25) is 0 Å². The van der Waals surface area contributed by atoms with Gasteiger partial charge in [-0.05, 0) is 29.7 Å². The summed E-state index contributed by atoms with van der Waals surface area (Å²) in [5, 5.41) is 8.52. The number of fused-ring (bicyclic) bond motifs is 1. The Bertz CT molecular complexity index is 650. The fraction of sp³-hybridized carbons (Fsp3) is 0.353. The monoisotopic (exact) mass is 284 g/mol. The van der Waals surface area contributed by atoms with E-state index in [1.165, 1.54) is 5.39 Å². The first-order valence-electron chi connectivity index (χ1n) is 7.32. The van der Waals surface area contributed by atoms with Crippen molar-refractivity contribution in [1.82, 2.24) is 10.6 Å². The van der Waals surface area contributed by atoms with E-state index in [0.717, 1.165) is 29.5 Å². The minimum absolute atomic E-state index is 0.0664. The highest BCUT2D eigenvalue weighted by molar-refractivity contribution is 5.87. The molecule has 0 radical (unpaired) electrons. The first-order chi connectivity index (χ1) is 10.3. The van der Waals surface area contributed by atoms with E-state index in [9.17, 15) is 4.79 Å². The van der Waals surface area contributed by atoms with Crippen molar-refractivity contribution in [2.75, 3.05) is 13.7 Å². The van der Waals surface area contributed by atoms with E-state index in [-0.39, 0.29) is 5.91 Å². The lowest BCUT2D eigenvalue weighted by Gasteiger charge is -2.13. The zero-order valence-corrected chi connectivity index (χ0v) is 12.2. The van der Waals surface area contributed by atoms with Crippen LogP contribution in [0.1, 0.15) is 18.4 Å². The molecule has 1 aliphatic carbocycles. The number of rotatable bonds is 6. The first kappa shape index (κ1) is 13.9. The van der Waals surface area contributed by atoms with Crippen LogP contribution in [0.4, 0.5) is 0 Å². The normalized spacial score (nSPS) is 14.1. The number of amides is 1. The molecule has 0 heterocycles. The summed E-state index contributed by atoms with van der Waals surface area (Å²) in [6.07, 6.45) is 2.23. The smallest absolute Gasteiger partial charge is 0.234 e. The number of nitrogens with one attached hydrogen (secondary N) is 2. The van der Waals surface area contributed by atoms with Gasteiger partial charge in [-0.2, -0.15) is 0 Å². The number of ether oxygens (including phenoxy) is 1. The van der Waals surface area contributed by atoms with Crippen LogP contribution >= 0.6 is 0 Å². The van der Waals surface area contributed by atoms with Gasteiger partial charge in [-0.3, -0.25) is 4.79 Å². The SMILES string of the molecule is COc1ccc2ccccc2c1CNCC(=O)NC1CC1. The minimum atomic E-state index is 0.0664. The molecule has 4 nitrogen and oxygen atoms in total. The van der Waals surface area contributed by atoms with Gasteiger partial charge in [0.25, 0.3) is 0 Å². The van der Waals surface area contributed by atoms with Crippen molar-refractivity contribution in [3.05, 3.63) is 42.0 Å². The van der Waals surface area contributed by atoms with Crippen LogP contribution in [-0.4, -0.2) is 25.6 Å². The Hall–Kier alpha value is -2.07. The van der Waals surface area contributed by atoms with Crippen LogP contribution in [0.3, 0.4) is 0 Å². The van der Waals surface area contributed by atoms with E-state index in [4.69, 9.17) is 4.74 Å². The van der Waals surface area contributed by atoms with Crippen molar-refractivity contribution in [3.8, 4) is 5.75 Å². The van der Waals surface area contributed by atoms with E-state index >= 15 is 0 Å². The third-order valence-corrected chi connectivity index (χ3v) is 3.75. The summed E-state index contributed by atoms with van der Waals surface area (Å²) in [7, 11) is 1.67. The van der Waals surface area contributed by atoms with Crippen LogP contribution in [0.5, 0.6) is 5.75 Å². The Morgan fingerprint density at radius 1 is 1.24 bits per heavy atom. The molecule has 2 aromatic carbocycles. The van der Waals surface area contributed by atoms with Gasteiger partial charge in [0.2, 0.25) is 5.91 Å². The number of carbonyl (C=O) groups is 1. The summed E-state index contributed by atoms with van der Waals surface area (Å²) < 4.78 is 5.44. The van der Waals surface area contributed by atoms with Gasteiger partial charge in [-0.15, -0.1) is 0 Å². The van der Waals surface area contributed by atoms with Gasteiger partial charge in [0, 0.05) is 18.2 Å². The maximum absolute atomic E-state index is 11.7. The molecule has 21 heavy (non-hydrogen) atoms. The van der Waals surface area contributed by atoms with Crippen LogP contribution in [0, 0.1) is 0 Å². The molecule has 0 bridgehead atoms. The van der Waals surface area contributed by atoms with Gasteiger partial charge < -0.3 is 15.4 Å². The van der Waals surface area contributed by atoms with Gasteiger partial charge in [0.05, 0.1) is 13.7 Å². The highest BCUT2D eigenvalue weighted by Gasteiger charge is 2.22. The lowest BCUT2D eigenvalue weighted by molar-refractivity contribution is -0.120. The molecule has 2 aromatic rings. The third kappa shape index (κ3) is 3.34. The first-order valence-corrected chi connectivity index (χ1v) is 7.32. The standard InChI is InChI=1S/C17H20N2O2/c1-21-16-9-6-12-4-2-3-5-14(12)15(16)10-18-11-17(20)19-13-7-8-13/h2-6,9,13,18H,7-8,10-11H2,1H3,(H,19,20). The molecule has 4 heteroatoms. The van der Waals surface area contributed by atoms with E-state index in [2.05, 4.69) is 28.8 Å². The molecular formula is C17H20N2O2. The zero-order valence-electron chi connectivity index (χ0n) is 12.2. The topological polar surface area (TPSA) is 50.4 Å². The summed E-state index contributed by atoms with van der Waals surface area (Å²) in [5.41, 5.74) is 1.09. The fourth-order valence-electron chi connectivity index (χ4n) is 2.50. The van der Waals surface area contributed by atoms with E-state index in [1.807, 2.05) is 18.2 Å². The van der Waals surface area contributed by atoms with E-state index in [1.54, 1.807) is 7.11 Å².